The van der Waals surface area contributed by atoms with E-state index in [2.05, 4.69) is 5.32 Å². The first-order valence-electron chi connectivity index (χ1n) is 8.05. The van der Waals surface area contributed by atoms with Crippen molar-refractivity contribution >= 4 is 23.4 Å². The number of methoxy groups -OCH3 is 2. The summed E-state index contributed by atoms with van der Waals surface area (Å²) < 4.78 is 48.1. The van der Waals surface area contributed by atoms with Crippen LogP contribution in [0.4, 0.5) is 18.9 Å². The van der Waals surface area contributed by atoms with Gasteiger partial charge in [-0.3, -0.25) is 4.79 Å². The lowest BCUT2D eigenvalue weighted by molar-refractivity contribution is -0.137. The van der Waals surface area contributed by atoms with Gasteiger partial charge in [0.2, 0.25) is 5.91 Å². The van der Waals surface area contributed by atoms with E-state index in [1.54, 1.807) is 25.1 Å². The second kappa shape index (κ2) is 9.03. The van der Waals surface area contributed by atoms with Crippen LogP contribution in [0.15, 0.2) is 42.5 Å². The number of halogens is 3. The first-order valence-corrected chi connectivity index (χ1v) is 9.10. The average molecular weight is 399 g/mol. The van der Waals surface area contributed by atoms with E-state index >= 15 is 0 Å². The monoisotopic (exact) mass is 399 g/mol. The normalized spacial score (nSPS) is 12.4. The fraction of sp³-hybridized carbons (Fsp3) is 0.316. The Morgan fingerprint density at radius 3 is 2.33 bits per heavy atom. The number of hydrogen-bond acceptors (Lipinski definition) is 4. The van der Waals surface area contributed by atoms with E-state index in [4.69, 9.17) is 9.47 Å². The van der Waals surface area contributed by atoms with Gasteiger partial charge < -0.3 is 14.8 Å². The van der Waals surface area contributed by atoms with Crippen LogP contribution < -0.4 is 14.8 Å². The predicted molar refractivity (Wildman–Crippen MR) is 100 cm³/mol. The number of alkyl halides is 3. The Labute approximate surface area is 160 Å². The van der Waals surface area contributed by atoms with Crippen LogP contribution in [0.25, 0.3) is 0 Å². The summed E-state index contributed by atoms with van der Waals surface area (Å²) in [5.41, 5.74) is 0.516. The zero-order valence-electron chi connectivity index (χ0n) is 15.1. The standard InChI is InChI=1S/C19H20F3NO3S/c1-12(27-11-13-4-6-14(7-5-13)19(20,21)22)18(24)23-16-10-15(25-2)8-9-17(16)26-3/h4-10,12H,11H2,1-3H3,(H,23,24)/t12-/m1/s1. The maximum atomic E-state index is 12.6. The van der Waals surface area contributed by atoms with Gasteiger partial charge in [0.1, 0.15) is 11.5 Å². The highest BCUT2D eigenvalue weighted by Gasteiger charge is 2.29. The van der Waals surface area contributed by atoms with Gasteiger partial charge in [-0.1, -0.05) is 12.1 Å². The number of carbonyl (C=O) groups excluding carboxylic acids is 1. The molecule has 0 spiro atoms. The van der Waals surface area contributed by atoms with Gasteiger partial charge in [0.15, 0.2) is 0 Å². The summed E-state index contributed by atoms with van der Waals surface area (Å²) in [4.78, 5) is 12.4. The van der Waals surface area contributed by atoms with Crippen molar-refractivity contribution in [2.45, 2.75) is 24.1 Å². The van der Waals surface area contributed by atoms with Crippen molar-refractivity contribution in [2.75, 3.05) is 19.5 Å². The highest BCUT2D eigenvalue weighted by atomic mass is 32.2. The molecule has 2 rings (SSSR count). The maximum Gasteiger partial charge on any atom is 0.416 e. The van der Waals surface area contributed by atoms with Crippen LogP contribution in [0.2, 0.25) is 0 Å². The van der Waals surface area contributed by atoms with Crippen LogP contribution >= 0.6 is 11.8 Å². The van der Waals surface area contributed by atoms with Gasteiger partial charge in [-0.25, -0.2) is 0 Å². The number of amides is 1. The number of hydrogen-bond donors (Lipinski definition) is 1. The molecule has 1 amide bonds. The summed E-state index contributed by atoms with van der Waals surface area (Å²) in [6, 6.07) is 10.00. The molecule has 0 aliphatic carbocycles. The summed E-state index contributed by atoms with van der Waals surface area (Å²) in [5, 5.41) is 2.37. The van der Waals surface area contributed by atoms with Crippen LogP contribution in [0.5, 0.6) is 11.5 Å². The Balaban J connectivity index is 1.96. The Kier molecular flexibility index (Phi) is 7.01. The molecule has 1 atom stereocenters. The zero-order chi connectivity index (χ0) is 20.0. The van der Waals surface area contributed by atoms with Crippen LogP contribution in [0.1, 0.15) is 18.1 Å². The predicted octanol–water partition coefficient (Wildman–Crippen LogP) is 4.98. The second-order valence-electron chi connectivity index (χ2n) is 5.70. The number of thioether (sulfide) groups is 1. The van der Waals surface area contributed by atoms with Crippen molar-refractivity contribution in [1.82, 2.24) is 0 Å². The minimum atomic E-state index is -4.35. The summed E-state index contributed by atoms with van der Waals surface area (Å²) >= 11 is 1.33. The fourth-order valence-corrected chi connectivity index (χ4v) is 3.08. The van der Waals surface area contributed by atoms with E-state index in [0.29, 0.717) is 28.5 Å². The fourth-order valence-electron chi connectivity index (χ4n) is 2.23. The molecule has 0 saturated heterocycles. The van der Waals surface area contributed by atoms with Crippen molar-refractivity contribution in [3.8, 4) is 11.5 Å². The number of ether oxygens (including phenoxy) is 2. The molecular weight excluding hydrogens is 379 g/mol. The van der Waals surface area contributed by atoms with Gasteiger partial charge in [-0.2, -0.15) is 13.2 Å². The lowest BCUT2D eigenvalue weighted by Crippen LogP contribution is -2.23. The topological polar surface area (TPSA) is 47.6 Å². The SMILES string of the molecule is COc1ccc(OC)c(NC(=O)[C@@H](C)SCc2ccc(C(F)(F)F)cc2)c1. The highest BCUT2D eigenvalue weighted by molar-refractivity contribution is 7.99. The number of benzene rings is 2. The van der Waals surface area contributed by atoms with Crippen LogP contribution in [-0.2, 0) is 16.7 Å². The Morgan fingerprint density at radius 2 is 1.78 bits per heavy atom. The van der Waals surface area contributed by atoms with Crippen LogP contribution in [-0.4, -0.2) is 25.4 Å². The van der Waals surface area contributed by atoms with E-state index in [0.717, 1.165) is 12.1 Å². The van der Waals surface area contributed by atoms with Crippen LogP contribution in [0, 0.1) is 0 Å². The number of carbonyl (C=O) groups is 1. The average Bonchev–Trinajstić information content (AvgIpc) is 2.65. The molecule has 2 aromatic rings. The molecule has 0 aromatic heterocycles. The van der Waals surface area contributed by atoms with Crippen LogP contribution in [0.3, 0.4) is 0 Å². The zero-order valence-corrected chi connectivity index (χ0v) is 15.9. The molecule has 0 aliphatic heterocycles. The molecule has 0 fully saturated rings. The van der Waals surface area contributed by atoms with Gasteiger partial charge in [0.25, 0.3) is 0 Å². The third kappa shape index (κ3) is 5.82. The smallest absolute Gasteiger partial charge is 0.416 e. The summed E-state index contributed by atoms with van der Waals surface area (Å²) in [5.74, 6) is 1.26. The highest BCUT2D eigenvalue weighted by Crippen LogP contribution is 2.31. The first kappa shape index (κ1) is 21.0. The van der Waals surface area contributed by atoms with Gasteiger partial charge in [-0.15, -0.1) is 11.8 Å². The minimum absolute atomic E-state index is 0.238. The molecule has 8 heteroatoms. The van der Waals surface area contributed by atoms with E-state index in [-0.39, 0.29) is 5.91 Å². The largest absolute Gasteiger partial charge is 0.497 e. The molecule has 146 valence electrons. The Morgan fingerprint density at radius 1 is 1.11 bits per heavy atom. The maximum absolute atomic E-state index is 12.6. The number of nitrogens with one attached hydrogen (secondary N) is 1. The molecule has 0 saturated carbocycles. The van der Waals surface area contributed by atoms with Gasteiger partial charge in [0, 0.05) is 11.8 Å². The summed E-state index contributed by atoms with van der Waals surface area (Å²) in [7, 11) is 3.02. The quantitative estimate of drug-likeness (QED) is 0.713. The van der Waals surface area contributed by atoms with Gasteiger partial charge >= 0.3 is 6.18 Å². The minimum Gasteiger partial charge on any atom is -0.497 e. The number of rotatable bonds is 7. The van der Waals surface area contributed by atoms with Crippen molar-refractivity contribution in [3.05, 3.63) is 53.6 Å². The molecule has 27 heavy (non-hydrogen) atoms. The molecule has 0 bridgehead atoms. The third-order valence-corrected chi connectivity index (χ3v) is 5.03. The van der Waals surface area contributed by atoms with Crippen molar-refractivity contribution < 1.29 is 27.4 Å². The van der Waals surface area contributed by atoms with E-state index in [9.17, 15) is 18.0 Å². The van der Waals surface area contributed by atoms with E-state index in [1.165, 1.54) is 38.1 Å². The lowest BCUT2D eigenvalue weighted by Gasteiger charge is -2.15. The third-order valence-electron chi connectivity index (χ3n) is 3.82. The summed E-state index contributed by atoms with van der Waals surface area (Å²) in [6.45, 7) is 1.73. The Hall–Kier alpha value is -2.35. The van der Waals surface area contributed by atoms with Gasteiger partial charge in [-0.05, 0) is 36.8 Å². The molecule has 4 nitrogen and oxygen atoms in total. The molecule has 0 aliphatic rings. The lowest BCUT2D eigenvalue weighted by atomic mass is 10.1. The molecule has 2 aromatic carbocycles. The molecule has 0 heterocycles. The van der Waals surface area contributed by atoms with Crippen molar-refractivity contribution in [1.29, 1.82) is 0 Å². The van der Waals surface area contributed by atoms with Gasteiger partial charge in [0.05, 0.1) is 30.7 Å². The molecule has 1 N–H and O–H groups in total. The van der Waals surface area contributed by atoms with Crippen molar-refractivity contribution in [2.24, 2.45) is 0 Å². The molecular formula is C19H20F3NO3S. The first-order chi connectivity index (χ1) is 12.7. The van der Waals surface area contributed by atoms with E-state index in [1.807, 2.05) is 0 Å². The van der Waals surface area contributed by atoms with E-state index < -0.39 is 17.0 Å². The summed E-state index contributed by atoms with van der Waals surface area (Å²) in [6.07, 6.45) is -4.35. The van der Waals surface area contributed by atoms with Crippen molar-refractivity contribution in [3.63, 3.8) is 0 Å². The number of anilines is 1. The molecule has 0 unspecified atom stereocenters. The Bertz CT molecular complexity index is 779. The second-order valence-corrected chi connectivity index (χ2v) is 7.03. The molecule has 0 radical (unpaired) electrons.